The van der Waals surface area contributed by atoms with Gasteiger partial charge in [0.25, 0.3) is 0 Å². The van der Waals surface area contributed by atoms with Crippen LogP contribution in [0.25, 0.3) is 0 Å². The molecule has 1 aromatic carbocycles. The first kappa shape index (κ1) is 19.7. The van der Waals surface area contributed by atoms with Crippen LogP contribution in [0.3, 0.4) is 0 Å². The molecule has 1 amide bonds. The molecular weight excluding hydrogens is 394 g/mol. The summed E-state index contributed by atoms with van der Waals surface area (Å²) in [6, 6.07) is 7.14. The summed E-state index contributed by atoms with van der Waals surface area (Å²) in [5.41, 5.74) is 2.51. The van der Waals surface area contributed by atoms with Crippen molar-refractivity contribution in [3.8, 4) is 0 Å². The highest BCUT2D eigenvalue weighted by Gasteiger charge is 2.30. The zero-order valence-electron chi connectivity index (χ0n) is 16.4. The number of rotatable bonds is 5. The van der Waals surface area contributed by atoms with E-state index in [1.165, 1.54) is 0 Å². The number of H-pyrrole nitrogens is 1. The van der Waals surface area contributed by atoms with E-state index in [9.17, 15) is 13.2 Å². The average Bonchev–Trinajstić information content (AvgIpc) is 3.34. The molecular formula is C19H25N5O4S. The number of sulfonamides is 1. The van der Waals surface area contributed by atoms with Crippen molar-refractivity contribution in [2.75, 3.05) is 5.32 Å². The maximum absolute atomic E-state index is 11.8. The maximum atomic E-state index is 11.8. The Bertz CT molecular complexity index is 1020. The Labute approximate surface area is 169 Å². The SMILES string of the molecule is CC(C)NC(=O)O[C@H]1CC[C@@H](c2cc(Nc3ccc4c(c3)CNS4(=O)=O)n[nH]2)C1. The molecule has 2 atom stereocenters. The second kappa shape index (κ2) is 7.68. The topological polar surface area (TPSA) is 125 Å². The fraction of sp³-hybridized carbons (Fsp3) is 0.474. The van der Waals surface area contributed by atoms with Crippen molar-refractivity contribution < 1.29 is 17.9 Å². The van der Waals surface area contributed by atoms with Crippen molar-refractivity contribution >= 4 is 27.6 Å². The molecule has 4 rings (SSSR count). The Balaban J connectivity index is 1.37. The predicted molar refractivity (Wildman–Crippen MR) is 107 cm³/mol. The normalized spacial score (nSPS) is 22.4. The Morgan fingerprint density at radius 3 is 2.90 bits per heavy atom. The number of amides is 1. The lowest BCUT2D eigenvalue weighted by atomic mass is 10.0. The van der Waals surface area contributed by atoms with E-state index in [4.69, 9.17) is 4.74 Å². The zero-order chi connectivity index (χ0) is 20.6. The molecule has 0 saturated heterocycles. The summed E-state index contributed by atoms with van der Waals surface area (Å²) in [4.78, 5) is 12.1. The number of aromatic nitrogens is 2. The van der Waals surface area contributed by atoms with Gasteiger partial charge in [0.15, 0.2) is 5.82 Å². The summed E-state index contributed by atoms with van der Waals surface area (Å²) in [5.74, 6) is 0.917. The van der Waals surface area contributed by atoms with E-state index < -0.39 is 10.0 Å². The molecule has 4 N–H and O–H groups in total. The van der Waals surface area contributed by atoms with Gasteiger partial charge in [-0.1, -0.05) is 0 Å². The molecule has 2 aliphatic rings. The smallest absolute Gasteiger partial charge is 0.407 e. The predicted octanol–water partition coefficient (Wildman–Crippen LogP) is 2.72. The first-order valence-corrected chi connectivity index (χ1v) is 11.2. The van der Waals surface area contributed by atoms with Crippen LogP contribution in [-0.2, 0) is 21.3 Å². The van der Waals surface area contributed by atoms with E-state index in [1.54, 1.807) is 12.1 Å². The Kier molecular flexibility index (Phi) is 5.22. The van der Waals surface area contributed by atoms with Gasteiger partial charge in [0.2, 0.25) is 10.0 Å². The van der Waals surface area contributed by atoms with E-state index in [2.05, 4.69) is 25.6 Å². The third kappa shape index (κ3) is 4.38. The van der Waals surface area contributed by atoms with Crippen LogP contribution in [0.5, 0.6) is 0 Å². The summed E-state index contributed by atoms with van der Waals surface area (Å²) in [5, 5.41) is 13.3. The number of fused-ring (bicyclic) bond motifs is 1. The fourth-order valence-corrected chi connectivity index (χ4v) is 5.04. The van der Waals surface area contributed by atoms with Crippen molar-refractivity contribution in [2.24, 2.45) is 0 Å². The molecule has 1 fully saturated rings. The summed E-state index contributed by atoms with van der Waals surface area (Å²) in [7, 11) is -3.36. The van der Waals surface area contributed by atoms with Crippen molar-refractivity contribution in [1.29, 1.82) is 0 Å². The van der Waals surface area contributed by atoms with Gasteiger partial charge in [0, 0.05) is 36.0 Å². The van der Waals surface area contributed by atoms with Crippen LogP contribution >= 0.6 is 0 Å². The van der Waals surface area contributed by atoms with Crippen LogP contribution in [0.1, 0.15) is 50.3 Å². The molecule has 2 heterocycles. The molecule has 2 aromatic rings. The highest BCUT2D eigenvalue weighted by molar-refractivity contribution is 7.89. The highest BCUT2D eigenvalue weighted by Crippen LogP contribution is 2.36. The average molecular weight is 420 g/mol. The first-order valence-electron chi connectivity index (χ1n) is 9.72. The lowest BCUT2D eigenvalue weighted by Gasteiger charge is -2.14. The molecule has 0 bridgehead atoms. The molecule has 1 saturated carbocycles. The third-order valence-electron chi connectivity index (χ3n) is 5.18. The Hall–Kier alpha value is -2.59. The van der Waals surface area contributed by atoms with Crippen LogP contribution < -0.4 is 15.4 Å². The molecule has 29 heavy (non-hydrogen) atoms. The molecule has 9 nitrogen and oxygen atoms in total. The number of benzene rings is 1. The van der Waals surface area contributed by atoms with Gasteiger partial charge in [-0.25, -0.2) is 17.9 Å². The van der Waals surface area contributed by atoms with Gasteiger partial charge in [-0.3, -0.25) is 5.10 Å². The Morgan fingerprint density at radius 1 is 1.28 bits per heavy atom. The minimum absolute atomic E-state index is 0.0519. The van der Waals surface area contributed by atoms with Crippen LogP contribution in [0.2, 0.25) is 0 Å². The molecule has 1 aromatic heterocycles. The number of carbonyl (C=O) groups is 1. The summed E-state index contributed by atoms with van der Waals surface area (Å²) >= 11 is 0. The number of hydrogen-bond donors (Lipinski definition) is 4. The summed E-state index contributed by atoms with van der Waals surface area (Å²) < 4.78 is 31.7. The van der Waals surface area contributed by atoms with E-state index in [0.717, 1.165) is 36.2 Å². The molecule has 156 valence electrons. The number of aromatic amines is 1. The molecule has 1 aliphatic carbocycles. The molecule has 0 unspecified atom stereocenters. The van der Waals surface area contributed by atoms with Crippen molar-refractivity contribution in [2.45, 2.75) is 62.6 Å². The van der Waals surface area contributed by atoms with Gasteiger partial charge in [0.05, 0.1) is 4.90 Å². The number of ether oxygens (including phenoxy) is 1. The van der Waals surface area contributed by atoms with Crippen LogP contribution in [0.15, 0.2) is 29.2 Å². The summed E-state index contributed by atoms with van der Waals surface area (Å²) in [6.07, 6.45) is 2.04. The molecule has 10 heteroatoms. The largest absolute Gasteiger partial charge is 0.446 e. The van der Waals surface area contributed by atoms with Crippen LogP contribution in [-0.4, -0.2) is 36.9 Å². The van der Waals surface area contributed by atoms with Gasteiger partial charge in [-0.05, 0) is 56.9 Å². The van der Waals surface area contributed by atoms with Gasteiger partial charge < -0.3 is 15.4 Å². The second-order valence-electron chi connectivity index (χ2n) is 7.82. The van der Waals surface area contributed by atoms with E-state index in [-0.39, 0.29) is 24.2 Å². The zero-order valence-corrected chi connectivity index (χ0v) is 17.2. The van der Waals surface area contributed by atoms with Crippen molar-refractivity contribution in [1.82, 2.24) is 20.2 Å². The van der Waals surface area contributed by atoms with Crippen LogP contribution in [0, 0.1) is 0 Å². The first-order chi connectivity index (χ1) is 13.8. The molecule has 0 spiro atoms. The van der Waals surface area contributed by atoms with E-state index in [1.807, 2.05) is 26.0 Å². The monoisotopic (exact) mass is 419 g/mol. The van der Waals surface area contributed by atoms with E-state index in [0.29, 0.717) is 17.3 Å². The van der Waals surface area contributed by atoms with E-state index >= 15 is 0 Å². The number of hydrogen-bond acceptors (Lipinski definition) is 6. The summed E-state index contributed by atoms with van der Waals surface area (Å²) in [6.45, 7) is 4.09. The van der Waals surface area contributed by atoms with Crippen molar-refractivity contribution in [3.05, 3.63) is 35.5 Å². The second-order valence-corrected chi connectivity index (χ2v) is 9.55. The standard InChI is InChI=1S/C19H25N5O4S/c1-11(2)21-19(25)28-15-5-3-12(8-15)16-9-18(24-23-16)22-14-4-6-17-13(7-14)10-20-29(17,26)27/h4,6-7,9,11-12,15,20H,3,5,8,10H2,1-2H3,(H,21,25)(H2,22,23,24)/t12-,15+/m1/s1. The van der Waals surface area contributed by atoms with Gasteiger partial charge >= 0.3 is 6.09 Å². The van der Waals surface area contributed by atoms with Gasteiger partial charge in [0.1, 0.15) is 6.10 Å². The minimum Gasteiger partial charge on any atom is -0.446 e. The lowest BCUT2D eigenvalue weighted by molar-refractivity contribution is 0.0981. The lowest BCUT2D eigenvalue weighted by Crippen LogP contribution is -2.33. The number of alkyl carbamates (subject to hydrolysis) is 1. The number of carbonyl (C=O) groups excluding carboxylic acids is 1. The van der Waals surface area contributed by atoms with Gasteiger partial charge in [-0.15, -0.1) is 0 Å². The fourth-order valence-electron chi connectivity index (χ4n) is 3.82. The van der Waals surface area contributed by atoms with Gasteiger partial charge in [-0.2, -0.15) is 5.10 Å². The number of nitrogens with zero attached hydrogens (tertiary/aromatic N) is 1. The number of anilines is 2. The van der Waals surface area contributed by atoms with Crippen LogP contribution in [0.4, 0.5) is 16.3 Å². The number of nitrogens with one attached hydrogen (secondary N) is 4. The Morgan fingerprint density at radius 2 is 2.10 bits per heavy atom. The minimum atomic E-state index is -3.36. The highest BCUT2D eigenvalue weighted by atomic mass is 32.2. The van der Waals surface area contributed by atoms with Crippen molar-refractivity contribution in [3.63, 3.8) is 0 Å². The third-order valence-corrected chi connectivity index (χ3v) is 6.68. The quantitative estimate of drug-likeness (QED) is 0.590. The molecule has 1 aliphatic heterocycles. The maximum Gasteiger partial charge on any atom is 0.407 e. The molecule has 0 radical (unpaired) electrons.